The van der Waals surface area contributed by atoms with Crippen molar-refractivity contribution in [3.05, 3.63) is 41.0 Å². The zero-order valence-corrected chi connectivity index (χ0v) is 14.8. The van der Waals surface area contributed by atoms with Gasteiger partial charge in [-0.15, -0.1) is 24.0 Å². The fourth-order valence-corrected chi connectivity index (χ4v) is 2.48. The summed E-state index contributed by atoms with van der Waals surface area (Å²) < 4.78 is 5.10. The minimum absolute atomic E-state index is 0. The molecule has 20 heavy (non-hydrogen) atoms. The first-order valence-corrected chi connectivity index (χ1v) is 6.69. The molecular formula is C16H22INO2. The molecule has 3 nitrogen and oxygen atoms in total. The summed E-state index contributed by atoms with van der Waals surface area (Å²) in [6.07, 6.45) is 0.947. The van der Waals surface area contributed by atoms with E-state index in [1.165, 1.54) is 5.56 Å². The second kappa shape index (κ2) is 6.61. The van der Waals surface area contributed by atoms with Crippen LogP contribution in [0, 0.1) is 0 Å². The van der Waals surface area contributed by atoms with Crippen LogP contribution in [0.15, 0.2) is 29.8 Å². The summed E-state index contributed by atoms with van der Waals surface area (Å²) in [4.78, 5) is 11.9. The van der Waals surface area contributed by atoms with Crippen LogP contribution in [-0.2, 0) is 16.0 Å². The van der Waals surface area contributed by atoms with Crippen molar-refractivity contribution in [1.82, 2.24) is 5.32 Å². The maximum absolute atomic E-state index is 11.9. The van der Waals surface area contributed by atoms with Crippen LogP contribution in [-0.4, -0.2) is 18.1 Å². The van der Waals surface area contributed by atoms with Crippen molar-refractivity contribution < 1.29 is 9.53 Å². The van der Waals surface area contributed by atoms with Crippen LogP contribution in [0.5, 0.6) is 0 Å². The summed E-state index contributed by atoms with van der Waals surface area (Å²) in [5.41, 5.74) is 3.85. The summed E-state index contributed by atoms with van der Waals surface area (Å²) in [5, 5.41) is 3.47. The Balaban J connectivity index is 0.00000200. The van der Waals surface area contributed by atoms with Gasteiger partial charge in [0.15, 0.2) is 0 Å². The van der Waals surface area contributed by atoms with Gasteiger partial charge in [-0.25, -0.2) is 4.79 Å². The minimum atomic E-state index is -0.252. The van der Waals surface area contributed by atoms with E-state index in [0.717, 1.165) is 17.7 Å². The SMILES string of the molecule is CCOC(=O)/C(C)=C1/NC(C)(C)Cc2ccccc21.I. The van der Waals surface area contributed by atoms with Crippen molar-refractivity contribution in [3.63, 3.8) is 0 Å². The van der Waals surface area contributed by atoms with Crippen molar-refractivity contribution >= 4 is 35.6 Å². The zero-order valence-electron chi connectivity index (χ0n) is 12.4. The van der Waals surface area contributed by atoms with Gasteiger partial charge in [-0.05, 0) is 39.7 Å². The molecule has 0 bridgehead atoms. The first-order chi connectivity index (χ1) is 8.94. The Hall–Kier alpha value is -1.04. The number of benzene rings is 1. The summed E-state index contributed by atoms with van der Waals surface area (Å²) in [6.45, 7) is 8.32. The lowest BCUT2D eigenvalue weighted by molar-refractivity contribution is -0.138. The number of esters is 1. The first-order valence-electron chi connectivity index (χ1n) is 6.69. The van der Waals surface area contributed by atoms with Gasteiger partial charge in [0.2, 0.25) is 0 Å². The molecule has 1 aromatic carbocycles. The predicted molar refractivity (Wildman–Crippen MR) is 92.0 cm³/mol. The van der Waals surface area contributed by atoms with Gasteiger partial charge in [-0.1, -0.05) is 24.3 Å². The molecule has 110 valence electrons. The van der Waals surface area contributed by atoms with Gasteiger partial charge >= 0.3 is 5.97 Å². The van der Waals surface area contributed by atoms with Gasteiger partial charge in [-0.2, -0.15) is 0 Å². The summed E-state index contributed by atoms with van der Waals surface area (Å²) in [5.74, 6) is -0.252. The van der Waals surface area contributed by atoms with E-state index in [-0.39, 0.29) is 35.5 Å². The Morgan fingerprint density at radius 3 is 2.65 bits per heavy atom. The molecule has 2 rings (SSSR count). The average Bonchev–Trinajstić information content (AvgIpc) is 2.36. The van der Waals surface area contributed by atoms with Crippen LogP contribution in [0.4, 0.5) is 0 Å². The van der Waals surface area contributed by atoms with Crippen molar-refractivity contribution in [1.29, 1.82) is 0 Å². The van der Waals surface area contributed by atoms with Gasteiger partial charge in [0.25, 0.3) is 0 Å². The molecular weight excluding hydrogens is 365 g/mol. The third-order valence-electron chi connectivity index (χ3n) is 3.34. The van der Waals surface area contributed by atoms with E-state index in [2.05, 4.69) is 31.3 Å². The van der Waals surface area contributed by atoms with E-state index in [1.807, 2.05) is 26.0 Å². The fraction of sp³-hybridized carbons (Fsp3) is 0.438. The number of carbonyl (C=O) groups excluding carboxylic acids is 1. The molecule has 1 heterocycles. The number of halogens is 1. The molecule has 0 fully saturated rings. The minimum Gasteiger partial charge on any atom is -0.463 e. The molecule has 1 N–H and O–H groups in total. The van der Waals surface area contributed by atoms with Gasteiger partial charge in [0.05, 0.1) is 17.9 Å². The smallest absolute Gasteiger partial charge is 0.335 e. The number of hydrogen-bond acceptors (Lipinski definition) is 3. The number of nitrogens with one attached hydrogen (secondary N) is 1. The highest BCUT2D eigenvalue weighted by molar-refractivity contribution is 14.0. The van der Waals surface area contributed by atoms with Crippen LogP contribution in [0.25, 0.3) is 5.70 Å². The zero-order chi connectivity index (χ0) is 14.0. The predicted octanol–water partition coefficient (Wildman–Crippen LogP) is 3.52. The number of fused-ring (bicyclic) bond motifs is 1. The van der Waals surface area contributed by atoms with E-state index in [9.17, 15) is 4.79 Å². The van der Waals surface area contributed by atoms with Gasteiger partial charge < -0.3 is 10.1 Å². The second-order valence-electron chi connectivity index (χ2n) is 5.56. The topological polar surface area (TPSA) is 38.3 Å². The van der Waals surface area contributed by atoms with Crippen molar-refractivity contribution in [2.24, 2.45) is 0 Å². The normalized spacial score (nSPS) is 18.2. The molecule has 0 atom stereocenters. The molecule has 1 aliphatic rings. The average molecular weight is 387 g/mol. The lowest BCUT2D eigenvalue weighted by Crippen LogP contribution is -2.44. The Labute approximate surface area is 137 Å². The summed E-state index contributed by atoms with van der Waals surface area (Å²) in [7, 11) is 0. The number of ether oxygens (including phenoxy) is 1. The fourth-order valence-electron chi connectivity index (χ4n) is 2.48. The van der Waals surface area contributed by atoms with Crippen LogP contribution in [0.3, 0.4) is 0 Å². The number of rotatable bonds is 2. The highest BCUT2D eigenvalue weighted by atomic mass is 127. The molecule has 1 aliphatic heterocycles. The quantitative estimate of drug-likeness (QED) is 0.480. The van der Waals surface area contributed by atoms with Crippen molar-refractivity contribution in [3.8, 4) is 0 Å². The molecule has 4 heteroatoms. The first kappa shape index (κ1) is 17.0. The molecule has 0 amide bonds. The molecule has 0 aromatic heterocycles. The van der Waals surface area contributed by atoms with Gasteiger partial charge in [-0.3, -0.25) is 0 Å². The standard InChI is InChI=1S/C16H21NO2.HI/c1-5-19-15(18)11(2)14-13-9-7-6-8-12(13)10-16(3,4)17-14;/h6-9,17H,5,10H2,1-4H3;1H/b14-11+;. The van der Waals surface area contributed by atoms with E-state index in [4.69, 9.17) is 4.74 Å². The summed E-state index contributed by atoms with van der Waals surface area (Å²) in [6, 6.07) is 8.21. The van der Waals surface area contributed by atoms with Crippen molar-refractivity contribution in [2.75, 3.05) is 6.61 Å². The molecule has 0 radical (unpaired) electrons. The Morgan fingerprint density at radius 2 is 2.00 bits per heavy atom. The van der Waals surface area contributed by atoms with E-state index in [1.54, 1.807) is 0 Å². The Kier molecular flexibility index (Phi) is 5.62. The number of hydrogen-bond donors (Lipinski definition) is 1. The molecule has 0 aliphatic carbocycles. The monoisotopic (exact) mass is 387 g/mol. The molecule has 1 aromatic rings. The van der Waals surface area contributed by atoms with E-state index in [0.29, 0.717) is 12.2 Å². The van der Waals surface area contributed by atoms with Crippen LogP contribution < -0.4 is 5.32 Å². The van der Waals surface area contributed by atoms with Gasteiger partial charge in [0.1, 0.15) is 0 Å². The highest BCUT2D eigenvalue weighted by Gasteiger charge is 2.29. The Bertz CT molecular complexity index is 535. The van der Waals surface area contributed by atoms with Gasteiger partial charge in [0, 0.05) is 11.1 Å². The molecule has 0 spiro atoms. The highest BCUT2D eigenvalue weighted by Crippen LogP contribution is 2.31. The third-order valence-corrected chi connectivity index (χ3v) is 3.34. The molecule has 0 saturated carbocycles. The van der Waals surface area contributed by atoms with E-state index < -0.39 is 0 Å². The van der Waals surface area contributed by atoms with Crippen molar-refractivity contribution in [2.45, 2.75) is 39.7 Å². The second-order valence-corrected chi connectivity index (χ2v) is 5.56. The molecule has 0 unspecified atom stereocenters. The maximum atomic E-state index is 11.9. The summed E-state index contributed by atoms with van der Waals surface area (Å²) >= 11 is 0. The molecule has 0 saturated heterocycles. The van der Waals surface area contributed by atoms with Crippen LogP contribution in [0.1, 0.15) is 38.8 Å². The Morgan fingerprint density at radius 1 is 1.35 bits per heavy atom. The number of carbonyl (C=O) groups is 1. The lowest BCUT2D eigenvalue weighted by Gasteiger charge is -2.36. The van der Waals surface area contributed by atoms with Crippen LogP contribution >= 0.6 is 24.0 Å². The van der Waals surface area contributed by atoms with E-state index >= 15 is 0 Å². The largest absolute Gasteiger partial charge is 0.463 e. The van der Waals surface area contributed by atoms with Crippen LogP contribution in [0.2, 0.25) is 0 Å². The third kappa shape index (κ3) is 3.53. The maximum Gasteiger partial charge on any atom is 0.335 e. The lowest BCUT2D eigenvalue weighted by atomic mass is 9.85.